The summed E-state index contributed by atoms with van der Waals surface area (Å²) in [6, 6.07) is 0.286. The van der Waals surface area contributed by atoms with Gasteiger partial charge in [-0.3, -0.25) is 9.79 Å². The number of hydrogen-bond donors (Lipinski definition) is 2. The zero-order chi connectivity index (χ0) is 18.2. The highest BCUT2D eigenvalue weighted by molar-refractivity contribution is 5.81. The van der Waals surface area contributed by atoms with Crippen molar-refractivity contribution in [2.45, 2.75) is 58.0 Å². The average molecular weight is 361 g/mol. The first-order valence-corrected chi connectivity index (χ1v) is 10.1. The molecule has 1 aliphatic heterocycles. The van der Waals surface area contributed by atoms with Gasteiger partial charge in [-0.05, 0) is 26.2 Å². The third-order valence-electron chi connectivity index (χ3n) is 5.33. The van der Waals surface area contributed by atoms with Crippen molar-refractivity contribution in [3.63, 3.8) is 0 Å². The van der Waals surface area contributed by atoms with Gasteiger partial charge < -0.3 is 20.1 Å². The molecule has 1 aromatic rings. The van der Waals surface area contributed by atoms with E-state index in [4.69, 9.17) is 0 Å². The number of nitrogens with one attached hydrogen (secondary N) is 2. The second-order valence-corrected chi connectivity index (χ2v) is 7.31. The molecule has 144 valence electrons. The van der Waals surface area contributed by atoms with E-state index in [0.29, 0.717) is 12.5 Å². The molecule has 1 saturated carbocycles. The molecule has 0 bridgehead atoms. The van der Waals surface area contributed by atoms with Gasteiger partial charge in [-0.2, -0.15) is 0 Å². The van der Waals surface area contributed by atoms with E-state index in [-0.39, 0.29) is 12.0 Å². The van der Waals surface area contributed by atoms with Crippen molar-refractivity contribution in [1.29, 1.82) is 0 Å². The number of likely N-dealkylation sites (tertiary alicyclic amines) is 1. The molecule has 7 heteroatoms. The molecule has 2 fully saturated rings. The summed E-state index contributed by atoms with van der Waals surface area (Å²) in [5.74, 6) is 1.47. The second kappa shape index (κ2) is 9.59. The second-order valence-electron chi connectivity index (χ2n) is 7.31. The van der Waals surface area contributed by atoms with Crippen molar-refractivity contribution in [2.75, 3.05) is 26.2 Å². The molecule has 2 heterocycles. The van der Waals surface area contributed by atoms with Gasteiger partial charge in [-0.25, -0.2) is 4.98 Å². The van der Waals surface area contributed by atoms with Crippen LogP contribution in [0.2, 0.25) is 0 Å². The molecule has 1 aliphatic carbocycles. The molecular formula is C19H32N6O. The number of aromatic nitrogens is 2. The normalized spacial score (nSPS) is 21.8. The lowest BCUT2D eigenvalue weighted by Gasteiger charge is -2.26. The minimum Gasteiger partial charge on any atom is -0.357 e. The molecule has 26 heavy (non-hydrogen) atoms. The van der Waals surface area contributed by atoms with E-state index in [0.717, 1.165) is 51.4 Å². The lowest BCUT2D eigenvalue weighted by molar-refractivity contribution is -0.135. The summed E-state index contributed by atoms with van der Waals surface area (Å²) >= 11 is 0. The maximum atomic E-state index is 12.7. The van der Waals surface area contributed by atoms with Crippen LogP contribution in [-0.4, -0.2) is 58.5 Å². The number of hydrogen-bond acceptors (Lipinski definition) is 3. The summed E-state index contributed by atoms with van der Waals surface area (Å²) in [5, 5.41) is 6.81. The first kappa shape index (κ1) is 18.7. The summed E-state index contributed by atoms with van der Waals surface area (Å²) in [7, 11) is 0. The smallest absolute Gasteiger partial charge is 0.225 e. The van der Waals surface area contributed by atoms with Gasteiger partial charge in [0.2, 0.25) is 5.91 Å². The Balaban J connectivity index is 1.47. The topological polar surface area (TPSA) is 74.6 Å². The van der Waals surface area contributed by atoms with Gasteiger partial charge in [0, 0.05) is 50.5 Å². The van der Waals surface area contributed by atoms with E-state index in [1.54, 1.807) is 6.20 Å². The highest BCUT2D eigenvalue weighted by Crippen LogP contribution is 2.26. The average Bonchev–Trinajstić information content (AvgIpc) is 3.34. The molecule has 3 rings (SSSR count). The molecular weight excluding hydrogens is 328 g/mol. The van der Waals surface area contributed by atoms with Crippen molar-refractivity contribution in [1.82, 2.24) is 25.1 Å². The standard InChI is InChI=1S/C19H32N6O/c1-2-21-19(22-10-13-24-12-9-20-15-24)23-17-8-11-25(14-17)18(26)16-6-4-3-5-7-16/h9,12,15-17H,2-8,10-11,13-14H2,1H3,(H2,21,22,23). The van der Waals surface area contributed by atoms with Gasteiger partial charge in [-0.1, -0.05) is 19.3 Å². The maximum absolute atomic E-state index is 12.7. The van der Waals surface area contributed by atoms with Crippen LogP contribution in [0.5, 0.6) is 0 Å². The summed E-state index contributed by atoms with van der Waals surface area (Å²) in [6.45, 7) is 6.06. The van der Waals surface area contributed by atoms with Crippen molar-refractivity contribution in [3.8, 4) is 0 Å². The predicted octanol–water partition coefficient (Wildman–Crippen LogP) is 1.62. The monoisotopic (exact) mass is 360 g/mol. The molecule has 2 N–H and O–H groups in total. The number of rotatable bonds is 6. The van der Waals surface area contributed by atoms with Gasteiger partial charge in [0.15, 0.2) is 5.96 Å². The Morgan fingerprint density at radius 3 is 2.85 bits per heavy atom. The maximum Gasteiger partial charge on any atom is 0.225 e. The molecule has 1 atom stereocenters. The number of carbonyl (C=O) groups is 1. The third kappa shape index (κ3) is 5.22. The number of imidazole rings is 1. The van der Waals surface area contributed by atoms with E-state index in [1.165, 1.54) is 19.3 Å². The van der Waals surface area contributed by atoms with Crippen LogP contribution in [0.3, 0.4) is 0 Å². The van der Waals surface area contributed by atoms with Crippen molar-refractivity contribution >= 4 is 11.9 Å². The van der Waals surface area contributed by atoms with Gasteiger partial charge in [0.25, 0.3) is 0 Å². The molecule has 7 nitrogen and oxygen atoms in total. The van der Waals surface area contributed by atoms with Crippen LogP contribution in [0.15, 0.2) is 23.7 Å². The van der Waals surface area contributed by atoms with E-state index < -0.39 is 0 Å². The largest absolute Gasteiger partial charge is 0.357 e. The Labute approximate surface area is 156 Å². The lowest BCUT2D eigenvalue weighted by Crippen LogP contribution is -2.45. The van der Waals surface area contributed by atoms with E-state index in [9.17, 15) is 4.79 Å². The Bertz CT molecular complexity index is 579. The molecule has 0 radical (unpaired) electrons. The summed E-state index contributed by atoms with van der Waals surface area (Å²) < 4.78 is 2.02. The van der Waals surface area contributed by atoms with Crippen molar-refractivity contribution in [2.24, 2.45) is 10.9 Å². The van der Waals surface area contributed by atoms with E-state index >= 15 is 0 Å². The fraction of sp³-hybridized carbons (Fsp3) is 0.737. The number of carbonyl (C=O) groups excluding carboxylic acids is 1. The van der Waals surface area contributed by atoms with E-state index in [1.807, 2.05) is 17.1 Å². The summed E-state index contributed by atoms with van der Waals surface area (Å²) in [5.41, 5.74) is 0. The third-order valence-corrected chi connectivity index (χ3v) is 5.33. The molecule has 1 unspecified atom stereocenters. The van der Waals surface area contributed by atoms with Crippen LogP contribution in [0.4, 0.5) is 0 Å². The van der Waals surface area contributed by atoms with Crippen LogP contribution in [0.1, 0.15) is 45.4 Å². The fourth-order valence-corrected chi connectivity index (χ4v) is 3.90. The summed E-state index contributed by atoms with van der Waals surface area (Å²) in [6.07, 6.45) is 12.4. The van der Waals surface area contributed by atoms with Crippen LogP contribution in [0, 0.1) is 5.92 Å². The van der Waals surface area contributed by atoms with Crippen LogP contribution < -0.4 is 10.6 Å². The number of aliphatic imine (C=N–C) groups is 1. The molecule has 2 aliphatic rings. The number of amides is 1. The number of guanidine groups is 1. The van der Waals surface area contributed by atoms with Gasteiger partial charge in [0.1, 0.15) is 0 Å². The zero-order valence-corrected chi connectivity index (χ0v) is 15.9. The minimum absolute atomic E-state index is 0.264. The first-order valence-electron chi connectivity index (χ1n) is 10.1. The van der Waals surface area contributed by atoms with Gasteiger partial charge in [-0.15, -0.1) is 0 Å². The highest BCUT2D eigenvalue weighted by Gasteiger charge is 2.31. The molecule has 1 saturated heterocycles. The van der Waals surface area contributed by atoms with E-state index in [2.05, 4.69) is 32.4 Å². The first-order chi connectivity index (χ1) is 12.8. The van der Waals surface area contributed by atoms with Crippen LogP contribution in [0.25, 0.3) is 0 Å². The van der Waals surface area contributed by atoms with Crippen LogP contribution >= 0.6 is 0 Å². The quantitative estimate of drug-likeness (QED) is 0.597. The zero-order valence-electron chi connectivity index (χ0n) is 15.9. The lowest BCUT2D eigenvalue weighted by atomic mass is 9.88. The Kier molecular flexibility index (Phi) is 6.91. The SMILES string of the molecule is CCNC(=NCCn1ccnc1)NC1CCN(C(=O)C2CCCCC2)C1. The Morgan fingerprint density at radius 2 is 2.12 bits per heavy atom. The number of nitrogens with zero attached hydrogens (tertiary/aromatic N) is 4. The van der Waals surface area contributed by atoms with Crippen molar-refractivity contribution < 1.29 is 4.79 Å². The Hall–Kier alpha value is -2.05. The predicted molar refractivity (Wildman–Crippen MR) is 103 cm³/mol. The highest BCUT2D eigenvalue weighted by atomic mass is 16.2. The van der Waals surface area contributed by atoms with Gasteiger partial charge >= 0.3 is 0 Å². The summed E-state index contributed by atoms with van der Waals surface area (Å²) in [4.78, 5) is 23.5. The molecule has 1 aromatic heterocycles. The fourth-order valence-electron chi connectivity index (χ4n) is 3.90. The van der Waals surface area contributed by atoms with Gasteiger partial charge in [0.05, 0.1) is 12.9 Å². The molecule has 1 amide bonds. The molecule has 0 aromatic carbocycles. The van der Waals surface area contributed by atoms with Crippen molar-refractivity contribution in [3.05, 3.63) is 18.7 Å². The minimum atomic E-state index is 0.264. The van der Waals surface area contributed by atoms with Crippen LogP contribution in [-0.2, 0) is 11.3 Å². The molecule has 0 spiro atoms. The Morgan fingerprint density at radius 1 is 1.27 bits per heavy atom.